The highest BCUT2D eigenvalue weighted by atomic mass is 35.5. The number of nitrogens with one attached hydrogen (secondary N) is 1. The molecule has 0 atom stereocenters. The maximum absolute atomic E-state index is 12.9. The molecule has 0 saturated heterocycles. The zero-order valence-corrected chi connectivity index (χ0v) is 18.8. The molecule has 1 aliphatic rings. The SMILES string of the molecule is COc1ccc(-c2ccnn2CC2CCC(NC(=O)c3cc(CF)ccc3Cl)CC2)cc1. The van der Waals surface area contributed by atoms with Crippen LogP contribution in [-0.4, -0.2) is 28.8 Å². The molecule has 0 bridgehead atoms. The molecular weight excluding hydrogens is 429 g/mol. The van der Waals surface area contributed by atoms with Gasteiger partial charge in [0.15, 0.2) is 0 Å². The van der Waals surface area contributed by atoms with Crippen molar-refractivity contribution in [3.05, 3.63) is 70.9 Å². The molecule has 0 spiro atoms. The van der Waals surface area contributed by atoms with Gasteiger partial charge in [-0.3, -0.25) is 9.48 Å². The monoisotopic (exact) mass is 455 g/mol. The second-order valence-corrected chi connectivity index (χ2v) is 8.67. The van der Waals surface area contributed by atoms with Crippen LogP contribution in [0.4, 0.5) is 4.39 Å². The summed E-state index contributed by atoms with van der Waals surface area (Å²) in [7, 11) is 1.66. The third kappa shape index (κ3) is 5.13. The van der Waals surface area contributed by atoms with E-state index in [1.807, 2.05) is 36.5 Å². The molecule has 1 aliphatic carbocycles. The minimum absolute atomic E-state index is 0.0996. The lowest BCUT2D eigenvalue weighted by molar-refractivity contribution is 0.0920. The summed E-state index contributed by atoms with van der Waals surface area (Å²) in [6.07, 6.45) is 5.64. The molecule has 1 N–H and O–H groups in total. The van der Waals surface area contributed by atoms with Crippen LogP contribution in [0.1, 0.15) is 41.6 Å². The molecule has 1 aromatic heterocycles. The highest BCUT2D eigenvalue weighted by Crippen LogP contribution is 2.29. The third-order valence-electron chi connectivity index (χ3n) is 6.15. The maximum Gasteiger partial charge on any atom is 0.253 e. The topological polar surface area (TPSA) is 56.1 Å². The highest BCUT2D eigenvalue weighted by molar-refractivity contribution is 6.33. The molecule has 1 amide bonds. The molecule has 0 radical (unpaired) electrons. The zero-order valence-electron chi connectivity index (χ0n) is 18.1. The van der Waals surface area contributed by atoms with Gasteiger partial charge in [0.05, 0.1) is 23.4 Å². The Morgan fingerprint density at radius 1 is 1.16 bits per heavy atom. The van der Waals surface area contributed by atoms with Gasteiger partial charge in [-0.05, 0) is 79.6 Å². The quantitative estimate of drug-likeness (QED) is 0.499. The van der Waals surface area contributed by atoms with Crippen LogP contribution < -0.4 is 10.1 Å². The summed E-state index contributed by atoms with van der Waals surface area (Å²) in [5.74, 6) is 1.10. The van der Waals surface area contributed by atoms with Crippen molar-refractivity contribution >= 4 is 17.5 Å². The predicted octanol–water partition coefficient (Wildman–Crippen LogP) is 5.67. The molecule has 0 unspecified atom stereocenters. The Bertz CT molecular complexity index is 1060. The Morgan fingerprint density at radius 2 is 1.91 bits per heavy atom. The molecule has 7 heteroatoms. The molecule has 4 rings (SSSR count). The number of amides is 1. The highest BCUT2D eigenvalue weighted by Gasteiger charge is 2.24. The number of alkyl halides is 1. The lowest BCUT2D eigenvalue weighted by Gasteiger charge is -2.29. The van der Waals surface area contributed by atoms with Crippen molar-refractivity contribution in [1.29, 1.82) is 0 Å². The standard InChI is InChI=1S/C25H27ClFN3O2/c1-32-21-9-5-19(6-10-21)24-12-13-28-30(24)16-17-2-7-20(8-3-17)29-25(31)22-14-18(15-27)4-11-23(22)26/h4-6,9-14,17,20H,2-3,7-8,15-16H2,1H3,(H,29,31). The Kier molecular flexibility index (Phi) is 7.10. The largest absolute Gasteiger partial charge is 0.497 e. The van der Waals surface area contributed by atoms with Crippen LogP contribution in [0, 0.1) is 5.92 Å². The molecule has 0 aliphatic heterocycles. The van der Waals surface area contributed by atoms with Gasteiger partial charge in [-0.15, -0.1) is 0 Å². The summed E-state index contributed by atoms with van der Waals surface area (Å²) >= 11 is 6.15. The Balaban J connectivity index is 1.33. The molecule has 168 valence electrons. The van der Waals surface area contributed by atoms with Gasteiger partial charge >= 0.3 is 0 Å². The van der Waals surface area contributed by atoms with Gasteiger partial charge in [0.2, 0.25) is 0 Å². The number of nitrogens with zero attached hydrogens (tertiary/aromatic N) is 2. The number of halogens is 2. The number of ether oxygens (including phenoxy) is 1. The van der Waals surface area contributed by atoms with E-state index >= 15 is 0 Å². The average molecular weight is 456 g/mol. The minimum Gasteiger partial charge on any atom is -0.497 e. The summed E-state index contributed by atoms with van der Waals surface area (Å²) in [5.41, 5.74) is 2.99. The van der Waals surface area contributed by atoms with Crippen LogP contribution in [-0.2, 0) is 13.2 Å². The van der Waals surface area contributed by atoms with Crippen LogP contribution in [0.25, 0.3) is 11.3 Å². The van der Waals surface area contributed by atoms with E-state index in [-0.39, 0.29) is 11.9 Å². The fourth-order valence-electron chi connectivity index (χ4n) is 4.31. The minimum atomic E-state index is -0.617. The molecular formula is C25H27ClFN3O2. The van der Waals surface area contributed by atoms with Crippen LogP contribution >= 0.6 is 11.6 Å². The van der Waals surface area contributed by atoms with Gasteiger partial charge in [-0.1, -0.05) is 17.7 Å². The number of rotatable bonds is 7. The Labute approximate surface area is 192 Å². The molecule has 2 aromatic carbocycles. The van der Waals surface area contributed by atoms with Crippen molar-refractivity contribution in [2.75, 3.05) is 7.11 Å². The van der Waals surface area contributed by atoms with E-state index in [0.29, 0.717) is 22.1 Å². The summed E-state index contributed by atoms with van der Waals surface area (Å²) in [6, 6.07) is 14.8. The van der Waals surface area contributed by atoms with Crippen molar-refractivity contribution < 1.29 is 13.9 Å². The van der Waals surface area contributed by atoms with Gasteiger partial charge in [-0.2, -0.15) is 5.10 Å². The predicted molar refractivity (Wildman–Crippen MR) is 124 cm³/mol. The summed E-state index contributed by atoms with van der Waals surface area (Å²) in [4.78, 5) is 12.6. The Morgan fingerprint density at radius 3 is 2.59 bits per heavy atom. The third-order valence-corrected chi connectivity index (χ3v) is 6.47. The Hall–Kier alpha value is -2.86. The zero-order chi connectivity index (χ0) is 22.5. The van der Waals surface area contributed by atoms with Gasteiger partial charge in [-0.25, -0.2) is 4.39 Å². The molecule has 32 heavy (non-hydrogen) atoms. The average Bonchev–Trinajstić information content (AvgIpc) is 3.28. The summed E-state index contributed by atoms with van der Waals surface area (Å²) < 4.78 is 20.2. The first kappa shape index (κ1) is 22.3. The van der Waals surface area contributed by atoms with Crippen molar-refractivity contribution in [2.24, 2.45) is 5.92 Å². The molecule has 1 fully saturated rings. The van der Waals surface area contributed by atoms with E-state index in [1.165, 1.54) is 6.07 Å². The van der Waals surface area contributed by atoms with Gasteiger partial charge in [0.1, 0.15) is 12.4 Å². The number of carbonyl (C=O) groups is 1. The summed E-state index contributed by atoms with van der Waals surface area (Å²) in [6.45, 7) is 0.230. The smallest absolute Gasteiger partial charge is 0.253 e. The van der Waals surface area contributed by atoms with Gasteiger partial charge in [0.25, 0.3) is 5.91 Å². The molecule has 5 nitrogen and oxygen atoms in total. The van der Waals surface area contributed by atoms with Crippen molar-refractivity contribution in [1.82, 2.24) is 15.1 Å². The maximum atomic E-state index is 12.9. The normalized spacial score (nSPS) is 18.3. The fourth-order valence-corrected chi connectivity index (χ4v) is 4.52. The van der Waals surface area contributed by atoms with E-state index in [0.717, 1.165) is 49.2 Å². The van der Waals surface area contributed by atoms with Gasteiger partial charge in [0, 0.05) is 24.3 Å². The summed E-state index contributed by atoms with van der Waals surface area (Å²) in [5, 5.41) is 7.95. The van der Waals surface area contributed by atoms with Crippen molar-refractivity contribution in [2.45, 2.75) is 44.9 Å². The van der Waals surface area contributed by atoms with Crippen molar-refractivity contribution in [3.8, 4) is 17.0 Å². The van der Waals surface area contributed by atoms with E-state index in [4.69, 9.17) is 16.3 Å². The second-order valence-electron chi connectivity index (χ2n) is 8.27. The number of carbonyl (C=O) groups excluding carboxylic acids is 1. The van der Waals surface area contributed by atoms with Crippen LogP contribution in [0.5, 0.6) is 5.75 Å². The number of hydrogen-bond acceptors (Lipinski definition) is 3. The lowest BCUT2D eigenvalue weighted by Crippen LogP contribution is -2.38. The van der Waals surface area contributed by atoms with Crippen LogP contribution in [0.2, 0.25) is 5.02 Å². The first-order valence-corrected chi connectivity index (χ1v) is 11.3. The first-order chi connectivity index (χ1) is 15.6. The van der Waals surface area contributed by atoms with Crippen LogP contribution in [0.3, 0.4) is 0 Å². The van der Waals surface area contributed by atoms with E-state index in [1.54, 1.807) is 19.2 Å². The number of hydrogen-bond donors (Lipinski definition) is 1. The molecule has 1 saturated carbocycles. The van der Waals surface area contributed by atoms with E-state index < -0.39 is 6.67 Å². The number of aromatic nitrogens is 2. The number of methoxy groups -OCH3 is 1. The van der Waals surface area contributed by atoms with Crippen molar-refractivity contribution in [3.63, 3.8) is 0 Å². The van der Waals surface area contributed by atoms with Gasteiger partial charge < -0.3 is 10.1 Å². The molecule has 3 aromatic rings. The number of benzene rings is 2. The van der Waals surface area contributed by atoms with Crippen LogP contribution in [0.15, 0.2) is 54.7 Å². The second kappa shape index (κ2) is 10.2. The first-order valence-electron chi connectivity index (χ1n) is 10.9. The van der Waals surface area contributed by atoms with E-state index in [2.05, 4.69) is 15.1 Å². The van der Waals surface area contributed by atoms with E-state index in [9.17, 15) is 9.18 Å². The lowest BCUT2D eigenvalue weighted by atomic mass is 9.86. The molecule has 1 heterocycles. The fraction of sp³-hybridized carbons (Fsp3) is 0.360.